The summed E-state index contributed by atoms with van der Waals surface area (Å²) in [5, 5.41) is 13.3. The molecule has 2 rings (SSSR count). The lowest BCUT2D eigenvalue weighted by atomic mass is 10.2. The van der Waals surface area contributed by atoms with Gasteiger partial charge in [-0.15, -0.1) is 11.3 Å². The van der Waals surface area contributed by atoms with Gasteiger partial charge in [-0.25, -0.2) is 9.97 Å². The second-order valence-corrected chi connectivity index (χ2v) is 4.78. The number of carbonyl (C=O) groups excluding carboxylic acids is 1. The Kier molecular flexibility index (Phi) is 4.08. The number of aromatic nitrogens is 2. The van der Waals surface area contributed by atoms with Crippen LogP contribution in [0.1, 0.15) is 16.1 Å². The van der Waals surface area contributed by atoms with Crippen molar-refractivity contribution < 1.29 is 14.7 Å². The van der Waals surface area contributed by atoms with Gasteiger partial charge in [0.25, 0.3) is 5.91 Å². The Labute approximate surface area is 117 Å². The normalized spacial score (nSPS) is 10.2. The number of anilines is 1. The van der Waals surface area contributed by atoms with E-state index < -0.39 is 5.97 Å². The van der Waals surface area contributed by atoms with E-state index in [2.05, 4.69) is 15.3 Å². The molecule has 0 fully saturated rings. The van der Waals surface area contributed by atoms with Crippen LogP contribution in [0.15, 0.2) is 23.7 Å². The number of thiazole rings is 1. The molecule has 0 bridgehead atoms. The van der Waals surface area contributed by atoms with Crippen LogP contribution in [-0.4, -0.2) is 27.0 Å². The topological polar surface area (TPSA) is 92.2 Å². The molecule has 0 atom stereocenters. The van der Waals surface area contributed by atoms with Crippen molar-refractivity contribution in [1.29, 1.82) is 0 Å². The van der Waals surface area contributed by atoms with Crippen LogP contribution in [0.2, 0.25) is 5.15 Å². The number of nitrogens with one attached hydrogen (secondary N) is 1. The van der Waals surface area contributed by atoms with Gasteiger partial charge in [0.1, 0.15) is 5.15 Å². The summed E-state index contributed by atoms with van der Waals surface area (Å²) in [6.07, 6.45) is 1.25. The Morgan fingerprint density at radius 3 is 2.95 bits per heavy atom. The van der Waals surface area contributed by atoms with Gasteiger partial charge in [-0.2, -0.15) is 0 Å². The summed E-state index contributed by atoms with van der Waals surface area (Å²) in [6, 6.07) is 2.95. The van der Waals surface area contributed by atoms with Gasteiger partial charge in [-0.1, -0.05) is 11.6 Å². The average Bonchev–Trinajstić information content (AvgIpc) is 2.75. The predicted octanol–water partition coefficient (Wildman–Crippen LogP) is 2.07. The van der Waals surface area contributed by atoms with Gasteiger partial charge >= 0.3 is 5.97 Å². The summed E-state index contributed by atoms with van der Waals surface area (Å²) >= 11 is 6.85. The molecule has 0 aliphatic carbocycles. The third-order valence-corrected chi connectivity index (χ3v) is 3.11. The van der Waals surface area contributed by atoms with Gasteiger partial charge in [0.05, 0.1) is 12.1 Å². The van der Waals surface area contributed by atoms with Crippen molar-refractivity contribution >= 4 is 39.9 Å². The number of aliphatic carboxylic acids is 1. The zero-order valence-corrected chi connectivity index (χ0v) is 11.0. The van der Waals surface area contributed by atoms with Gasteiger partial charge in [-0.05, 0) is 12.1 Å². The first-order chi connectivity index (χ1) is 9.04. The maximum atomic E-state index is 11.9. The first-order valence-corrected chi connectivity index (χ1v) is 6.39. The van der Waals surface area contributed by atoms with E-state index in [1.807, 2.05) is 0 Å². The molecule has 2 heterocycles. The number of halogens is 1. The van der Waals surface area contributed by atoms with Crippen molar-refractivity contribution in [3.05, 3.63) is 40.1 Å². The summed E-state index contributed by atoms with van der Waals surface area (Å²) in [7, 11) is 0. The van der Waals surface area contributed by atoms with E-state index in [4.69, 9.17) is 16.7 Å². The van der Waals surface area contributed by atoms with Gasteiger partial charge < -0.3 is 5.11 Å². The second kappa shape index (κ2) is 5.77. The van der Waals surface area contributed by atoms with Crippen molar-refractivity contribution in [1.82, 2.24) is 9.97 Å². The summed E-state index contributed by atoms with van der Waals surface area (Å²) in [5.41, 5.74) is 0.760. The lowest BCUT2D eigenvalue weighted by molar-refractivity contribution is -0.136. The molecule has 1 amide bonds. The van der Waals surface area contributed by atoms with Crippen LogP contribution < -0.4 is 5.32 Å². The zero-order valence-electron chi connectivity index (χ0n) is 9.46. The maximum Gasteiger partial charge on any atom is 0.309 e. The number of carbonyl (C=O) groups is 2. The number of rotatable bonds is 4. The van der Waals surface area contributed by atoms with Gasteiger partial charge in [0, 0.05) is 17.1 Å². The van der Waals surface area contributed by atoms with E-state index >= 15 is 0 Å². The fraction of sp³-hybridized carbons (Fsp3) is 0.0909. The summed E-state index contributed by atoms with van der Waals surface area (Å²) < 4.78 is 0. The smallest absolute Gasteiger partial charge is 0.309 e. The molecule has 2 aromatic heterocycles. The Balaban J connectivity index is 2.06. The molecule has 19 heavy (non-hydrogen) atoms. The largest absolute Gasteiger partial charge is 0.481 e. The minimum absolute atomic E-state index is 0.173. The molecule has 0 radical (unpaired) electrons. The number of carboxylic acids is 1. The van der Waals surface area contributed by atoms with Gasteiger partial charge in [-0.3, -0.25) is 14.9 Å². The van der Waals surface area contributed by atoms with Gasteiger partial charge in [0.2, 0.25) is 0 Å². The van der Waals surface area contributed by atoms with E-state index in [-0.39, 0.29) is 17.5 Å². The Morgan fingerprint density at radius 1 is 1.47 bits per heavy atom. The lowest BCUT2D eigenvalue weighted by Gasteiger charge is -2.01. The molecule has 8 heteroatoms. The molecular formula is C11H8ClN3O3S. The van der Waals surface area contributed by atoms with E-state index in [1.54, 1.807) is 5.38 Å². The zero-order chi connectivity index (χ0) is 13.8. The molecule has 2 N–H and O–H groups in total. The van der Waals surface area contributed by atoms with Crippen molar-refractivity contribution in [3.8, 4) is 0 Å². The van der Waals surface area contributed by atoms with Crippen molar-refractivity contribution in [2.24, 2.45) is 0 Å². The highest BCUT2D eigenvalue weighted by Crippen LogP contribution is 2.17. The third-order valence-electron chi connectivity index (χ3n) is 2.09. The highest BCUT2D eigenvalue weighted by atomic mass is 35.5. The van der Waals surface area contributed by atoms with Crippen molar-refractivity contribution in [3.63, 3.8) is 0 Å². The average molecular weight is 298 g/mol. The SMILES string of the molecule is O=C(O)Cc1csc(NC(=O)c2ccnc(Cl)c2)n1. The van der Waals surface area contributed by atoms with Crippen LogP contribution in [0.5, 0.6) is 0 Å². The maximum absolute atomic E-state index is 11.9. The van der Waals surface area contributed by atoms with Crippen LogP contribution in [-0.2, 0) is 11.2 Å². The number of nitrogens with zero attached hydrogens (tertiary/aromatic N) is 2. The van der Waals surface area contributed by atoms with E-state index in [9.17, 15) is 9.59 Å². The van der Waals surface area contributed by atoms with E-state index in [0.717, 1.165) is 11.3 Å². The molecule has 0 aromatic carbocycles. The molecule has 98 valence electrons. The van der Waals surface area contributed by atoms with Crippen LogP contribution in [0, 0.1) is 0 Å². The summed E-state index contributed by atoms with van der Waals surface area (Å²) in [5.74, 6) is -1.34. The summed E-state index contributed by atoms with van der Waals surface area (Å²) in [4.78, 5) is 30.1. The highest BCUT2D eigenvalue weighted by Gasteiger charge is 2.11. The quantitative estimate of drug-likeness (QED) is 0.843. The Morgan fingerprint density at radius 2 is 2.26 bits per heavy atom. The highest BCUT2D eigenvalue weighted by molar-refractivity contribution is 7.14. The van der Waals surface area contributed by atoms with Crippen LogP contribution in [0.4, 0.5) is 5.13 Å². The predicted molar refractivity (Wildman–Crippen MR) is 70.7 cm³/mol. The summed E-state index contributed by atoms with van der Waals surface area (Å²) in [6.45, 7) is 0. The van der Waals surface area contributed by atoms with Crippen LogP contribution >= 0.6 is 22.9 Å². The fourth-order valence-corrected chi connectivity index (χ4v) is 2.19. The molecule has 0 saturated carbocycles. The molecule has 0 saturated heterocycles. The molecule has 2 aromatic rings. The molecule has 6 nitrogen and oxygen atoms in total. The van der Waals surface area contributed by atoms with Crippen LogP contribution in [0.25, 0.3) is 0 Å². The molecule has 0 unspecified atom stereocenters. The minimum atomic E-state index is -0.968. The first-order valence-electron chi connectivity index (χ1n) is 5.13. The number of carboxylic acid groups (broad SMARTS) is 1. The number of amides is 1. The first kappa shape index (κ1) is 13.4. The van der Waals surface area contributed by atoms with Crippen molar-refractivity contribution in [2.75, 3.05) is 5.32 Å². The minimum Gasteiger partial charge on any atom is -0.481 e. The van der Waals surface area contributed by atoms with Crippen molar-refractivity contribution in [2.45, 2.75) is 6.42 Å². The monoisotopic (exact) mass is 297 g/mol. The molecule has 0 spiro atoms. The second-order valence-electron chi connectivity index (χ2n) is 3.54. The Hall–Kier alpha value is -1.99. The van der Waals surface area contributed by atoms with E-state index in [0.29, 0.717) is 16.4 Å². The molecular weight excluding hydrogens is 290 g/mol. The molecule has 0 aliphatic rings. The van der Waals surface area contributed by atoms with Crippen LogP contribution in [0.3, 0.4) is 0 Å². The standard InChI is InChI=1S/C11H8ClN3O3S/c12-8-3-6(1-2-13-8)10(18)15-11-14-7(5-19-11)4-9(16)17/h1-3,5H,4H2,(H,16,17)(H,14,15,18). The third kappa shape index (κ3) is 3.73. The van der Waals surface area contributed by atoms with E-state index in [1.165, 1.54) is 18.3 Å². The molecule has 0 aliphatic heterocycles. The number of hydrogen-bond acceptors (Lipinski definition) is 5. The fourth-order valence-electron chi connectivity index (χ4n) is 1.31. The Bertz CT molecular complexity index is 629. The number of pyridine rings is 1. The number of hydrogen-bond donors (Lipinski definition) is 2. The lowest BCUT2D eigenvalue weighted by Crippen LogP contribution is -2.12. The van der Waals surface area contributed by atoms with Gasteiger partial charge in [0.15, 0.2) is 5.13 Å².